The molecule has 0 aromatic carbocycles. The lowest BCUT2D eigenvalue weighted by Crippen LogP contribution is -2.22. The zero-order valence-corrected chi connectivity index (χ0v) is 5.67. The van der Waals surface area contributed by atoms with E-state index in [4.69, 9.17) is 5.73 Å². The zero-order chi connectivity index (χ0) is 7.40. The predicted octanol–water partition coefficient (Wildman–Crippen LogP) is -0.322. The van der Waals surface area contributed by atoms with E-state index < -0.39 is 0 Å². The van der Waals surface area contributed by atoms with Gasteiger partial charge in [0.25, 0.3) is 0 Å². The second-order valence-electron chi connectivity index (χ2n) is 1.92. The standard InChI is InChI=1S/C8H10N2/c1-2-3-8-7(6-9)4-5-10-8/h2-6,10H,1,9H2/b7-6-,8-3+. The van der Waals surface area contributed by atoms with Crippen molar-refractivity contribution in [1.82, 2.24) is 4.98 Å². The summed E-state index contributed by atoms with van der Waals surface area (Å²) in [4.78, 5) is 3.02. The highest BCUT2D eigenvalue weighted by Crippen LogP contribution is 1.64. The minimum atomic E-state index is 0.998. The SMILES string of the molecule is C=C/C=c1/[nH]cc/c1=C/N. The van der Waals surface area contributed by atoms with E-state index in [9.17, 15) is 0 Å². The van der Waals surface area contributed by atoms with Crippen LogP contribution in [-0.4, -0.2) is 4.98 Å². The Morgan fingerprint density at radius 1 is 1.60 bits per heavy atom. The van der Waals surface area contributed by atoms with Gasteiger partial charge in [-0.05, 0) is 12.1 Å². The number of nitrogens with one attached hydrogen (secondary N) is 1. The Hall–Kier alpha value is -1.44. The summed E-state index contributed by atoms with van der Waals surface area (Å²) in [5.74, 6) is 0. The van der Waals surface area contributed by atoms with Gasteiger partial charge in [-0.2, -0.15) is 0 Å². The van der Waals surface area contributed by atoms with Crippen LogP contribution in [0.3, 0.4) is 0 Å². The van der Waals surface area contributed by atoms with E-state index in [1.807, 2.05) is 18.3 Å². The van der Waals surface area contributed by atoms with Crippen LogP contribution < -0.4 is 16.3 Å². The molecule has 0 radical (unpaired) electrons. The number of rotatable bonds is 1. The van der Waals surface area contributed by atoms with Crippen LogP contribution in [0.4, 0.5) is 0 Å². The van der Waals surface area contributed by atoms with Gasteiger partial charge in [-0.25, -0.2) is 0 Å². The van der Waals surface area contributed by atoms with Crippen LogP contribution in [0.1, 0.15) is 0 Å². The van der Waals surface area contributed by atoms with E-state index in [1.54, 1.807) is 12.3 Å². The molecule has 0 aliphatic rings. The molecule has 0 bridgehead atoms. The van der Waals surface area contributed by atoms with Gasteiger partial charge in [0.05, 0.1) is 0 Å². The van der Waals surface area contributed by atoms with Crippen molar-refractivity contribution in [3.05, 3.63) is 35.5 Å². The largest absolute Gasteiger partial charge is 0.404 e. The first kappa shape index (κ1) is 6.68. The maximum absolute atomic E-state index is 5.33. The van der Waals surface area contributed by atoms with Crippen molar-refractivity contribution in [2.24, 2.45) is 5.73 Å². The van der Waals surface area contributed by atoms with E-state index in [1.165, 1.54) is 0 Å². The fraction of sp³-hybridized carbons (Fsp3) is 0. The molecule has 0 aliphatic carbocycles. The van der Waals surface area contributed by atoms with Crippen LogP contribution in [0.5, 0.6) is 0 Å². The lowest BCUT2D eigenvalue weighted by molar-refractivity contribution is 1.32. The highest BCUT2D eigenvalue weighted by Gasteiger charge is 1.79. The molecule has 0 atom stereocenters. The molecule has 0 amide bonds. The first-order valence-corrected chi connectivity index (χ1v) is 3.06. The molecule has 1 aromatic rings. The number of aromatic amines is 1. The molecule has 0 spiro atoms. The molecule has 0 fully saturated rings. The summed E-state index contributed by atoms with van der Waals surface area (Å²) in [6, 6.07) is 1.91. The van der Waals surface area contributed by atoms with E-state index in [0.717, 1.165) is 10.6 Å². The third kappa shape index (κ3) is 1.10. The van der Waals surface area contributed by atoms with E-state index in [0.29, 0.717) is 0 Å². The Balaban J connectivity index is 3.41. The molecule has 0 aliphatic heterocycles. The van der Waals surface area contributed by atoms with Gasteiger partial charge in [-0.15, -0.1) is 0 Å². The molecule has 1 heterocycles. The van der Waals surface area contributed by atoms with E-state index >= 15 is 0 Å². The number of allylic oxidation sites excluding steroid dienone is 1. The lowest BCUT2D eigenvalue weighted by atomic mass is 10.4. The summed E-state index contributed by atoms with van der Waals surface area (Å²) in [7, 11) is 0. The Labute approximate surface area is 59.4 Å². The van der Waals surface area contributed by atoms with Crippen molar-refractivity contribution in [3.63, 3.8) is 0 Å². The van der Waals surface area contributed by atoms with Gasteiger partial charge in [0.2, 0.25) is 0 Å². The molecular weight excluding hydrogens is 124 g/mol. The normalized spacial score (nSPS) is 14.0. The van der Waals surface area contributed by atoms with Crippen molar-refractivity contribution < 1.29 is 0 Å². The Bertz CT molecular complexity index is 319. The summed E-state index contributed by atoms with van der Waals surface area (Å²) in [5.41, 5.74) is 5.33. The number of hydrogen-bond acceptors (Lipinski definition) is 1. The van der Waals surface area contributed by atoms with E-state index in [2.05, 4.69) is 11.6 Å². The van der Waals surface area contributed by atoms with Crippen molar-refractivity contribution in [3.8, 4) is 0 Å². The second kappa shape index (κ2) is 2.92. The molecule has 0 saturated carbocycles. The molecule has 1 rings (SSSR count). The van der Waals surface area contributed by atoms with Crippen LogP contribution in [0.25, 0.3) is 12.3 Å². The summed E-state index contributed by atoms with van der Waals surface area (Å²) >= 11 is 0. The van der Waals surface area contributed by atoms with Crippen molar-refractivity contribution in [2.45, 2.75) is 0 Å². The van der Waals surface area contributed by atoms with Gasteiger partial charge in [-0.3, -0.25) is 0 Å². The number of H-pyrrole nitrogens is 1. The summed E-state index contributed by atoms with van der Waals surface area (Å²) in [6.45, 7) is 3.58. The smallest absolute Gasteiger partial charge is 0.0468 e. The van der Waals surface area contributed by atoms with Gasteiger partial charge in [0, 0.05) is 23.0 Å². The Morgan fingerprint density at radius 2 is 2.40 bits per heavy atom. The van der Waals surface area contributed by atoms with Crippen LogP contribution >= 0.6 is 0 Å². The minimum absolute atomic E-state index is 0.998. The minimum Gasteiger partial charge on any atom is -0.404 e. The third-order valence-electron chi connectivity index (χ3n) is 1.28. The second-order valence-corrected chi connectivity index (χ2v) is 1.92. The first-order chi connectivity index (χ1) is 4.88. The lowest BCUT2D eigenvalue weighted by Gasteiger charge is -1.74. The quantitative estimate of drug-likeness (QED) is 0.543. The molecule has 0 saturated heterocycles. The van der Waals surface area contributed by atoms with E-state index in [-0.39, 0.29) is 0 Å². The molecule has 2 nitrogen and oxygen atoms in total. The maximum Gasteiger partial charge on any atom is 0.0468 e. The average molecular weight is 134 g/mol. The molecule has 0 unspecified atom stereocenters. The molecule has 1 aromatic heterocycles. The summed E-state index contributed by atoms with van der Waals surface area (Å²) in [6.07, 6.45) is 7.00. The zero-order valence-electron chi connectivity index (χ0n) is 5.67. The summed E-state index contributed by atoms with van der Waals surface area (Å²) < 4.78 is 0. The molecular formula is C8H10N2. The number of hydrogen-bond donors (Lipinski definition) is 2. The molecule has 52 valence electrons. The molecule has 2 heteroatoms. The average Bonchev–Trinajstić information content (AvgIpc) is 2.36. The van der Waals surface area contributed by atoms with Gasteiger partial charge >= 0.3 is 0 Å². The van der Waals surface area contributed by atoms with Gasteiger partial charge in [0.15, 0.2) is 0 Å². The Morgan fingerprint density at radius 3 is 3.00 bits per heavy atom. The third-order valence-corrected chi connectivity index (χ3v) is 1.28. The van der Waals surface area contributed by atoms with Crippen LogP contribution in [0, 0.1) is 0 Å². The topological polar surface area (TPSA) is 41.8 Å². The van der Waals surface area contributed by atoms with Crippen LogP contribution in [0.15, 0.2) is 24.9 Å². The van der Waals surface area contributed by atoms with Gasteiger partial charge in [0.1, 0.15) is 0 Å². The summed E-state index contributed by atoms with van der Waals surface area (Å²) in [5, 5.41) is 2.00. The molecule has 10 heavy (non-hydrogen) atoms. The predicted molar refractivity (Wildman–Crippen MR) is 43.4 cm³/mol. The van der Waals surface area contributed by atoms with Crippen LogP contribution in [-0.2, 0) is 0 Å². The van der Waals surface area contributed by atoms with Crippen molar-refractivity contribution in [2.75, 3.05) is 0 Å². The highest BCUT2D eigenvalue weighted by atomic mass is 14.6. The Kier molecular flexibility index (Phi) is 1.95. The van der Waals surface area contributed by atoms with Crippen molar-refractivity contribution in [1.29, 1.82) is 0 Å². The number of aromatic nitrogens is 1. The van der Waals surface area contributed by atoms with Crippen molar-refractivity contribution >= 4 is 12.3 Å². The fourth-order valence-electron chi connectivity index (χ4n) is 0.802. The first-order valence-electron chi connectivity index (χ1n) is 3.06. The van der Waals surface area contributed by atoms with Gasteiger partial charge < -0.3 is 10.7 Å². The fourth-order valence-corrected chi connectivity index (χ4v) is 0.802. The number of nitrogens with two attached hydrogens (primary N) is 1. The highest BCUT2D eigenvalue weighted by molar-refractivity contribution is 5.35. The monoisotopic (exact) mass is 134 g/mol. The van der Waals surface area contributed by atoms with Gasteiger partial charge in [-0.1, -0.05) is 12.7 Å². The van der Waals surface area contributed by atoms with Crippen LogP contribution in [0.2, 0.25) is 0 Å². The maximum atomic E-state index is 5.33. The molecule has 3 N–H and O–H groups in total.